The number of rotatable bonds is 6. The van der Waals surface area contributed by atoms with E-state index < -0.39 is 0 Å². The number of aromatic hydroxyl groups is 1. The number of benzene rings is 5. The molecule has 0 saturated carbocycles. The predicted octanol–water partition coefficient (Wildman–Crippen LogP) is 14.4. The molecule has 0 aliphatic carbocycles. The minimum absolute atomic E-state index is 0.0938. The number of imidazole rings is 1. The lowest BCUT2D eigenvalue weighted by Gasteiger charge is -2.28. The summed E-state index contributed by atoms with van der Waals surface area (Å²) in [6.07, 6.45) is 3.53. The van der Waals surface area contributed by atoms with Crippen molar-refractivity contribution in [1.29, 1.82) is 0 Å². The van der Waals surface area contributed by atoms with Crippen LogP contribution in [0.25, 0.3) is 73.0 Å². The Bertz CT molecular complexity index is 2930. The maximum atomic E-state index is 12.5. The maximum Gasteiger partial charge on any atom is 0.168 e. The van der Waals surface area contributed by atoms with E-state index in [1.165, 1.54) is 5.56 Å². The minimum Gasteiger partial charge on any atom is -0.507 e. The highest BCUT2D eigenvalue weighted by molar-refractivity contribution is 5.94. The molecule has 0 unspecified atom stereocenters. The van der Waals surface area contributed by atoms with Gasteiger partial charge in [-0.1, -0.05) is 156 Å². The van der Waals surface area contributed by atoms with Gasteiger partial charge < -0.3 is 5.11 Å². The zero-order chi connectivity index (χ0) is 44.4. The molecule has 0 spiro atoms. The van der Waals surface area contributed by atoms with Crippen LogP contribution in [0.5, 0.6) is 5.75 Å². The molecular weight excluding hydrogens is 759 g/mol. The molecule has 8 rings (SSSR count). The smallest absolute Gasteiger partial charge is 0.168 e. The monoisotopic (exact) mass is 817 g/mol. The molecule has 0 aliphatic rings. The fourth-order valence-electron chi connectivity index (χ4n) is 8.11. The Labute approximate surface area is 367 Å². The fourth-order valence-corrected chi connectivity index (χ4v) is 8.11. The number of pyridine rings is 1. The summed E-state index contributed by atoms with van der Waals surface area (Å²) in [5.41, 5.74) is 14.2. The van der Waals surface area contributed by atoms with Gasteiger partial charge in [0.15, 0.2) is 11.5 Å². The Balaban J connectivity index is 1.47. The summed E-state index contributed by atoms with van der Waals surface area (Å²) in [5, 5.41) is 12.5. The number of aromatic nitrogens is 5. The molecule has 8 aromatic rings. The molecule has 62 heavy (non-hydrogen) atoms. The summed E-state index contributed by atoms with van der Waals surface area (Å²) in [6.45, 7) is 26.5. The van der Waals surface area contributed by atoms with Gasteiger partial charge in [-0.05, 0) is 104 Å². The highest BCUT2D eigenvalue weighted by Gasteiger charge is 2.30. The second kappa shape index (κ2) is 15.5. The van der Waals surface area contributed by atoms with Gasteiger partial charge in [-0.2, -0.15) is 0 Å². The number of hydrogen-bond acceptors (Lipinski definition) is 5. The average molecular weight is 818 g/mol. The van der Waals surface area contributed by atoms with Crippen molar-refractivity contribution in [2.45, 2.75) is 105 Å². The van der Waals surface area contributed by atoms with Crippen LogP contribution in [0.2, 0.25) is 0 Å². The quantitative estimate of drug-likeness (QED) is 0.181. The van der Waals surface area contributed by atoms with Crippen molar-refractivity contribution < 1.29 is 5.11 Å². The molecule has 3 aromatic heterocycles. The van der Waals surface area contributed by atoms with Gasteiger partial charge in [0.25, 0.3) is 0 Å². The van der Waals surface area contributed by atoms with Gasteiger partial charge in [-0.25, -0.2) is 15.0 Å². The average Bonchev–Trinajstić information content (AvgIpc) is 3.62. The molecule has 0 saturated heterocycles. The first kappa shape index (κ1) is 42.3. The van der Waals surface area contributed by atoms with E-state index in [9.17, 15) is 5.11 Å². The van der Waals surface area contributed by atoms with Crippen LogP contribution in [0.3, 0.4) is 0 Å². The molecule has 0 amide bonds. The van der Waals surface area contributed by atoms with E-state index >= 15 is 0 Å². The van der Waals surface area contributed by atoms with Gasteiger partial charge in [-0.15, -0.1) is 0 Å². The third-order valence-electron chi connectivity index (χ3n) is 11.9. The highest BCUT2D eigenvalue weighted by atomic mass is 16.3. The second-order valence-corrected chi connectivity index (χ2v) is 20.8. The van der Waals surface area contributed by atoms with Gasteiger partial charge in [0.05, 0.1) is 16.9 Å². The Morgan fingerprint density at radius 1 is 0.468 bits per heavy atom. The summed E-state index contributed by atoms with van der Waals surface area (Å²) < 4.78 is 2.14. The van der Waals surface area contributed by atoms with E-state index in [1.54, 1.807) is 6.33 Å². The first-order valence-corrected chi connectivity index (χ1v) is 21.7. The van der Waals surface area contributed by atoms with Crippen LogP contribution in [0.15, 0.2) is 134 Å². The molecule has 0 atom stereocenters. The van der Waals surface area contributed by atoms with Crippen LogP contribution < -0.4 is 0 Å². The van der Waals surface area contributed by atoms with Crippen molar-refractivity contribution in [2.24, 2.45) is 0 Å². The largest absolute Gasteiger partial charge is 0.507 e. The van der Waals surface area contributed by atoms with Gasteiger partial charge >= 0.3 is 0 Å². The number of hydrogen-bond donors (Lipinski definition) is 1. The minimum atomic E-state index is -0.346. The van der Waals surface area contributed by atoms with E-state index in [2.05, 4.69) is 197 Å². The van der Waals surface area contributed by atoms with E-state index in [1.807, 2.05) is 18.3 Å². The maximum absolute atomic E-state index is 12.5. The number of phenolic OH excluding ortho intramolecular Hbond substituents is 1. The van der Waals surface area contributed by atoms with Gasteiger partial charge in [0, 0.05) is 28.5 Å². The first-order chi connectivity index (χ1) is 29.2. The lowest BCUT2D eigenvalue weighted by Crippen LogP contribution is -2.17. The molecule has 0 bridgehead atoms. The number of fused-ring (bicyclic) bond motifs is 1. The van der Waals surface area contributed by atoms with E-state index in [4.69, 9.17) is 19.9 Å². The van der Waals surface area contributed by atoms with E-state index in [0.717, 1.165) is 61.5 Å². The van der Waals surface area contributed by atoms with Crippen molar-refractivity contribution in [3.05, 3.63) is 156 Å². The predicted molar refractivity (Wildman–Crippen MR) is 258 cm³/mol. The zero-order valence-electron chi connectivity index (χ0n) is 38.4. The molecule has 6 nitrogen and oxygen atoms in total. The molecule has 0 radical (unpaired) electrons. The molecule has 314 valence electrons. The van der Waals surface area contributed by atoms with Crippen LogP contribution >= 0.6 is 0 Å². The van der Waals surface area contributed by atoms with Crippen LogP contribution in [-0.2, 0) is 21.7 Å². The normalized spacial score (nSPS) is 12.6. The Morgan fingerprint density at radius 3 is 1.69 bits per heavy atom. The Morgan fingerprint density at radius 2 is 1.06 bits per heavy atom. The zero-order valence-corrected chi connectivity index (χ0v) is 38.4. The fraction of sp³-hybridized carbons (Fsp3) is 0.286. The summed E-state index contributed by atoms with van der Waals surface area (Å²) in [5.74, 6) is 0.812. The van der Waals surface area contributed by atoms with Gasteiger partial charge in [0.2, 0.25) is 0 Å². The second-order valence-electron chi connectivity index (χ2n) is 20.8. The molecule has 5 aromatic carbocycles. The summed E-state index contributed by atoms with van der Waals surface area (Å²) in [6, 6.07) is 42.8. The first-order valence-electron chi connectivity index (χ1n) is 21.7. The summed E-state index contributed by atoms with van der Waals surface area (Å²) in [7, 11) is 0. The van der Waals surface area contributed by atoms with E-state index in [0.29, 0.717) is 28.2 Å². The molecule has 0 fully saturated rings. The molecule has 3 heterocycles. The summed E-state index contributed by atoms with van der Waals surface area (Å²) >= 11 is 0. The number of nitrogens with zero attached hydrogens (tertiary/aromatic N) is 5. The standard InChI is InChI=1S/C56H59N5O/c1-53(2,3)40-23-24-47(43(31-40)36-21-17-14-18-22-36)61-51(44-32-42(55(7,8)9)33-45(50(44)62)56(10,11)12)60-49-48(58-34-59-52(49)61)39-27-38(28-41(29-39)54(4,5)6)46-30-37(25-26-57-46)35-19-15-13-16-20-35/h13-34,62H,1-12H3. The third kappa shape index (κ3) is 8.19. The SMILES string of the molecule is CC(C)(C)c1cc(-c2cc(-c3ccccc3)ccn2)cc(-c2ncnc3c2nc(-c2cc(C(C)(C)C)cc(C(C)(C)C)c2O)n3-c2ccc(C(C)(C)C)cc2-c2ccccc2)c1. The summed E-state index contributed by atoms with van der Waals surface area (Å²) in [4.78, 5) is 20.6. The Hall–Kier alpha value is -6.40. The molecule has 0 aliphatic heterocycles. The molecule has 1 N–H and O–H groups in total. The lowest BCUT2D eigenvalue weighted by atomic mass is 9.79. The Kier molecular flexibility index (Phi) is 10.6. The van der Waals surface area contributed by atoms with Gasteiger partial charge in [0.1, 0.15) is 23.3 Å². The van der Waals surface area contributed by atoms with Crippen LogP contribution in [0, 0.1) is 0 Å². The topological polar surface area (TPSA) is 76.7 Å². The van der Waals surface area contributed by atoms with Crippen molar-refractivity contribution in [3.63, 3.8) is 0 Å². The highest BCUT2D eigenvalue weighted by Crippen LogP contribution is 2.45. The third-order valence-corrected chi connectivity index (χ3v) is 11.9. The van der Waals surface area contributed by atoms with Crippen molar-refractivity contribution in [1.82, 2.24) is 24.5 Å². The van der Waals surface area contributed by atoms with Crippen molar-refractivity contribution in [2.75, 3.05) is 0 Å². The van der Waals surface area contributed by atoms with Gasteiger partial charge in [-0.3, -0.25) is 9.55 Å². The van der Waals surface area contributed by atoms with Crippen LogP contribution in [0.4, 0.5) is 0 Å². The molecule has 6 heteroatoms. The van der Waals surface area contributed by atoms with Crippen molar-refractivity contribution >= 4 is 11.2 Å². The van der Waals surface area contributed by atoms with Crippen LogP contribution in [0.1, 0.15) is 105 Å². The van der Waals surface area contributed by atoms with Crippen LogP contribution in [-0.4, -0.2) is 29.6 Å². The number of phenols is 1. The van der Waals surface area contributed by atoms with E-state index in [-0.39, 0.29) is 27.4 Å². The lowest BCUT2D eigenvalue weighted by molar-refractivity contribution is 0.446. The molecular formula is C56H59N5O. The van der Waals surface area contributed by atoms with Crippen molar-refractivity contribution in [3.8, 4) is 67.6 Å².